The number of halogens is 3. The second kappa shape index (κ2) is 9.70. The molecule has 0 saturated carbocycles. The molecule has 146 valence electrons. The van der Waals surface area contributed by atoms with Crippen molar-refractivity contribution in [2.24, 2.45) is 10.7 Å². The van der Waals surface area contributed by atoms with Crippen LogP contribution in [0.5, 0.6) is 5.75 Å². The molecule has 2 rings (SSSR count). The van der Waals surface area contributed by atoms with Gasteiger partial charge in [-0.2, -0.15) is 0 Å². The zero-order chi connectivity index (χ0) is 19.7. The number of nitrogens with two attached hydrogens (primary N) is 1. The molecular formula is C19H23F3N4O. The maximum Gasteiger partial charge on any atom is 0.573 e. The average molecular weight is 380 g/mol. The van der Waals surface area contributed by atoms with Gasteiger partial charge < -0.3 is 20.7 Å². The van der Waals surface area contributed by atoms with Crippen molar-refractivity contribution in [3.05, 3.63) is 54.6 Å². The minimum Gasteiger partial charge on any atom is -0.404 e. The van der Waals surface area contributed by atoms with Crippen molar-refractivity contribution >= 4 is 17.3 Å². The van der Waals surface area contributed by atoms with E-state index in [1.165, 1.54) is 18.2 Å². The Balaban J connectivity index is 1.78. The van der Waals surface area contributed by atoms with Gasteiger partial charge in [0, 0.05) is 25.8 Å². The van der Waals surface area contributed by atoms with Gasteiger partial charge in [-0.25, -0.2) is 0 Å². The first-order chi connectivity index (χ1) is 12.8. The minimum atomic E-state index is -4.77. The standard InChI is InChI=1S/C19H23F3N4O/c1-26(15-9-3-2-4-10-15)14-8-7-13-24-18(23)25-16-11-5-6-12-17(16)27-19(20,21)22/h2-6,9-12H,7-8,13-14H2,1H3,(H3,23,24,25). The Morgan fingerprint density at radius 1 is 1.07 bits per heavy atom. The van der Waals surface area contributed by atoms with Crippen LogP contribution >= 0.6 is 0 Å². The van der Waals surface area contributed by atoms with E-state index in [2.05, 4.69) is 19.9 Å². The number of para-hydroxylation sites is 3. The molecule has 2 aromatic rings. The van der Waals surface area contributed by atoms with Gasteiger partial charge in [0.05, 0.1) is 5.69 Å². The van der Waals surface area contributed by atoms with Crippen molar-refractivity contribution in [1.82, 2.24) is 0 Å². The summed E-state index contributed by atoms with van der Waals surface area (Å²) < 4.78 is 41.2. The SMILES string of the molecule is CN(CCCCN=C(N)Nc1ccccc1OC(F)(F)F)c1ccccc1. The van der Waals surface area contributed by atoms with Gasteiger partial charge in [0.1, 0.15) is 0 Å². The highest BCUT2D eigenvalue weighted by molar-refractivity contribution is 5.93. The van der Waals surface area contributed by atoms with E-state index < -0.39 is 6.36 Å². The molecule has 0 bridgehead atoms. The van der Waals surface area contributed by atoms with Crippen molar-refractivity contribution < 1.29 is 17.9 Å². The quantitative estimate of drug-likeness (QED) is 0.409. The smallest absolute Gasteiger partial charge is 0.404 e. The zero-order valence-corrected chi connectivity index (χ0v) is 15.0. The highest BCUT2D eigenvalue weighted by Crippen LogP contribution is 2.29. The van der Waals surface area contributed by atoms with E-state index in [9.17, 15) is 13.2 Å². The van der Waals surface area contributed by atoms with E-state index in [1.807, 2.05) is 37.4 Å². The largest absolute Gasteiger partial charge is 0.573 e. The van der Waals surface area contributed by atoms with Gasteiger partial charge in [0.25, 0.3) is 0 Å². The predicted octanol–water partition coefficient (Wildman–Crippen LogP) is 4.23. The van der Waals surface area contributed by atoms with Crippen LogP contribution in [0.15, 0.2) is 59.6 Å². The summed E-state index contributed by atoms with van der Waals surface area (Å²) in [6.07, 6.45) is -3.05. The molecule has 0 aliphatic rings. The van der Waals surface area contributed by atoms with Crippen LogP contribution in [-0.2, 0) is 0 Å². The fraction of sp³-hybridized carbons (Fsp3) is 0.316. The molecule has 0 atom stereocenters. The van der Waals surface area contributed by atoms with Crippen LogP contribution in [-0.4, -0.2) is 32.5 Å². The molecular weight excluding hydrogens is 357 g/mol. The topological polar surface area (TPSA) is 62.9 Å². The zero-order valence-electron chi connectivity index (χ0n) is 15.0. The molecule has 0 saturated heterocycles. The number of unbranched alkanes of at least 4 members (excludes halogenated alkanes) is 1. The molecule has 0 aliphatic heterocycles. The van der Waals surface area contributed by atoms with E-state index in [4.69, 9.17) is 5.73 Å². The van der Waals surface area contributed by atoms with Crippen molar-refractivity contribution in [3.8, 4) is 5.75 Å². The van der Waals surface area contributed by atoms with Crippen LogP contribution in [0.2, 0.25) is 0 Å². The van der Waals surface area contributed by atoms with Crippen LogP contribution in [0.1, 0.15) is 12.8 Å². The molecule has 0 radical (unpaired) electrons. The minimum absolute atomic E-state index is 0.0460. The lowest BCUT2D eigenvalue weighted by atomic mass is 10.2. The molecule has 0 aromatic heterocycles. The monoisotopic (exact) mass is 380 g/mol. The van der Waals surface area contributed by atoms with Gasteiger partial charge >= 0.3 is 6.36 Å². The van der Waals surface area contributed by atoms with Crippen molar-refractivity contribution in [2.45, 2.75) is 19.2 Å². The molecule has 0 amide bonds. The number of benzene rings is 2. The van der Waals surface area contributed by atoms with Gasteiger partial charge in [-0.05, 0) is 37.1 Å². The van der Waals surface area contributed by atoms with Crippen molar-refractivity contribution in [3.63, 3.8) is 0 Å². The summed E-state index contributed by atoms with van der Waals surface area (Å²) in [5.41, 5.74) is 7.02. The normalized spacial score (nSPS) is 11.9. The van der Waals surface area contributed by atoms with Gasteiger partial charge in [-0.15, -0.1) is 13.2 Å². The summed E-state index contributed by atoms with van der Waals surface area (Å²) in [6.45, 7) is 1.35. The van der Waals surface area contributed by atoms with E-state index in [-0.39, 0.29) is 17.4 Å². The first-order valence-corrected chi connectivity index (χ1v) is 8.53. The third-order valence-electron chi connectivity index (χ3n) is 3.76. The maximum absolute atomic E-state index is 12.4. The third kappa shape index (κ3) is 7.47. The van der Waals surface area contributed by atoms with E-state index in [0.29, 0.717) is 6.54 Å². The molecule has 8 heteroatoms. The predicted molar refractivity (Wildman–Crippen MR) is 102 cm³/mol. The fourth-order valence-corrected chi connectivity index (χ4v) is 2.43. The van der Waals surface area contributed by atoms with Gasteiger partial charge in [0.2, 0.25) is 0 Å². The molecule has 0 fully saturated rings. The Morgan fingerprint density at radius 3 is 2.44 bits per heavy atom. The van der Waals surface area contributed by atoms with Crippen molar-refractivity contribution in [1.29, 1.82) is 0 Å². The van der Waals surface area contributed by atoms with Crippen LogP contribution in [0.4, 0.5) is 24.5 Å². The number of nitrogens with zero attached hydrogens (tertiary/aromatic N) is 2. The fourth-order valence-electron chi connectivity index (χ4n) is 2.43. The van der Waals surface area contributed by atoms with Crippen LogP contribution < -0.4 is 20.7 Å². The summed E-state index contributed by atoms with van der Waals surface area (Å²) in [5, 5.41) is 2.65. The summed E-state index contributed by atoms with van der Waals surface area (Å²) >= 11 is 0. The Hall–Kier alpha value is -2.90. The summed E-state index contributed by atoms with van der Waals surface area (Å²) in [7, 11) is 2.02. The molecule has 0 unspecified atom stereocenters. The first-order valence-electron chi connectivity index (χ1n) is 8.53. The summed E-state index contributed by atoms with van der Waals surface area (Å²) in [6, 6.07) is 15.7. The number of aliphatic imine (C=N–C) groups is 1. The Morgan fingerprint density at radius 2 is 1.74 bits per heavy atom. The number of hydrogen-bond acceptors (Lipinski definition) is 3. The Labute approximate surface area is 156 Å². The third-order valence-corrected chi connectivity index (χ3v) is 3.76. The summed E-state index contributed by atoms with van der Waals surface area (Å²) in [5.74, 6) is -0.308. The second-order valence-electron chi connectivity index (χ2n) is 5.90. The number of nitrogens with one attached hydrogen (secondary N) is 1. The summed E-state index contributed by atoms with van der Waals surface area (Å²) in [4.78, 5) is 6.30. The maximum atomic E-state index is 12.4. The number of rotatable bonds is 8. The number of alkyl halides is 3. The van der Waals surface area contributed by atoms with Gasteiger partial charge in [-0.1, -0.05) is 30.3 Å². The Bertz CT molecular complexity index is 735. The van der Waals surface area contributed by atoms with E-state index in [0.717, 1.165) is 25.1 Å². The molecule has 5 nitrogen and oxygen atoms in total. The molecule has 0 aliphatic carbocycles. The number of hydrogen-bond donors (Lipinski definition) is 2. The molecule has 2 aromatic carbocycles. The number of anilines is 2. The second-order valence-corrected chi connectivity index (χ2v) is 5.90. The highest BCUT2D eigenvalue weighted by atomic mass is 19.4. The molecule has 3 N–H and O–H groups in total. The molecule has 0 heterocycles. The van der Waals surface area contributed by atoms with Gasteiger partial charge in [0.15, 0.2) is 11.7 Å². The van der Waals surface area contributed by atoms with Crippen LogP contribution in [0.25, 0.3) is 0 Å². The highest BCUT2D eigenvalue weighted by Gasteiger charge is 2.32. The lowest BCUT2D eigenvalue weighted by Crippen LogP contribution is -2.25. The number of guanidine groups is 1. The Kier molecular flexibility index (Phi) is 7.34. The lowest BCUT2D eigenvalue weighted by Gasteiger charge is -2.18. The van der Waals surface area contributed by atoms with E-state index >= 15 is 0 Å². The van der Waals surface area contributed by atoms with Gasteiger partial charge in [-0.3, -0.25) is 4.99 Å². The van der Waals surface area contributed by atoms with Crippen LogP contribution in [0.3, 0.4) is 0 Å². The molecule has 27 heavy (non-hydrogen) atoms. The lowest BCUT2D eigenvalue weighted by molar-refractivity contribution is -0.274. The van der Waals surface area contributed by atoms with Crippen LogP contribution in [0, 0.1) is 0 Å². The molecule has 0 spiro atoms. The average Bonchev–Trinajstić information content (AvgIpc) is 2.62. The van der Waals surface area contributed by atoms with E-state index in [1.54, 1.807) is 6.07 Å². The van der Waals surface area contributed by atoms with Crippen molar-refractivity contribution in [2.75, 3.05) is 30.4 Å². The number of ether oxygens (including phenoxy) is 1. The first kappa shape index (κ1) is 20.4.